The molecule has 4 nitrogen and oxygen atoms in total. The van der Waals surface area contributed by atoms with E-state index in [1.807, 2.05) is 32.0 Å². The van der Waals surface area contributed by atoms with E-state index < -0.39 is 0 Å². The zero-order valence-electron chi connectivity index (χ0n) is 11.4. The zero-order valence-corrected chi connectivity index (χ0v) is 11.4. The second-order valence-electron chi connectivity index (χ2n) is 4.92. The minimum absolute atomic E-state index is 0.107. The van der Waals surface area contributed by atoms with Crippen LogP contribution in [0.4, 0.5) is 11.4 Å². The van der Waals surface area contributed by atoms with Crippen molar-refractivity contribution in [1.29, 1.82) is 0 Å². The third kappa shape index (κ3) is 4.84. The van der Waals surface area contributed by atoms with Crippen LogP contribution in [0.5, 0.6) is 5.75 Å². The SMILES string of the molecule is CC(CCO)CNc1ccc(N)c(OC(C)C)c1. The number of benzene rings is 1. The molecule has 0 heterocycles. The summed E-state index contributed by atoms with van der Waals surface area (Å²) in [4.78, 5) is 0. The molecule has 0 aliphatic rings. The maximum atomic E-state index is 8.85. The molecule has 1 unspecified atom stereocenters. The van der Waals surface area contributed by atoms with Gasteiger partial charge in [0.1, 0.15) is 5.75 Å². The molecule has 1 aromatic carbocycles. The standard InChI is InChI=1S/C14H24N2O2/c1-10(2)18-14-8-12(4-5-13(14)15)16-9-11(3)6-7-17/h4-5,8,10-11,16-17H,6-7,9,15H2,1-3H3. The Labute approximate surface area is 109 Å². The lowest BCUT2D eigenvalue weighted by molar-refractivity contribution is 0.244. The first-order valence-corrected chi connectivity index (χ1v) is 6.43. The molecular formula is C14H24N2O2. The van der Waals surface area contributed by atoms with Crippen molar-refractivity contribution in [2.75, 3.05) is 24.2 Å². The van der Waals surface area contributed by atoms with Crippen molar-refractivity contribution in [3.05, 3.63) is 18.2 Å². The molecule has 0 amide bonds. The number of hydrogen-bond acceptors (Lipinski definition) is 4. The van der Waals surface area contributed by atoms with Gasteiger partial charge < -0.3 is 20.9 Å². The van der Waals surface area contributed by atoms with Gasteiger partial charge in [0, 0.05) is 24.9 Å². The number of aliphatic hydroxyl groups excluding tert-OH is 1. The van der Waals surface area contributed by atoms with E-state index in [1.165, 1.54) is 0 Å². The second-order valence-corrected chi connectivity index (χ2v) is 4.92. The lowest BCUT2D eigenvalue weighted by Gasteiger charge is -2.16. The van der Waals surface area contributed by atoms with Crippen LogP contribution in [-0.4, -0.2) is 24.4 Å². The highest BCUT2D eigenvalue weighted by molar-refractivity contribution is 5.61. The van der Waals surface area contributed by atoms with Crippen molar-refractivity contribution in [3.63, 3.8) is 0 Å². The summed E-state index contributed by atoms with van der Waals surface area (Å²) in [5.74, 6) is 1.15. The fourth-order valence-electron chi connectivity index (χ4n) is 1.61. The van der Waals surface area contributed by atoms with Gasteiger partial charge in [0.15, 0.2) is 0 Å². The highest BCUT2D eigenvalue weighted by Crippen LogP contribution is 2.26. The molecule has 1 aromatic rings. The average molecular weight is 252 g/mol. The summed E-state index contributed by atoms with van der Waals surface area (Å²) >= 11 is 0. The molecule has 0 fully saturated rings. The smallest absolute Gasteiger partial charge is 0.144 e. The van der Waals surface area contributed by atoms with E-state index in [4.69, 9.17) is 15.6 Å². The van der Waals surface area contributed by atoms with Crippen molar-refractivity contribution in [2.24, 2.45) is 5.92 Å². The molecule has 1 rings (SSSR count). The van der Waals surface area contributed by atoms with Gasteiger partial charge in [0.25, 0.3) is 0 Å². The van der Waals surface area contributed by atoms with E-state index in [0.29, 0.717) is 17.4 Å². The highest BCUT2D eigenvalue weighted by atomic mass is 16.5. The fourth-order valence-corrected chi connectivity index (χ4v) is 1.61. The molecule has 0 radical (unpaired) electrons. The minimum Gasteiger partial charge on any atom is -0.489 e. The van der Waals surface area contributed by atoms with Gasteiger partial charge >= 0.3 is 0 Å². The normalized spacial score (nSPS) is 12.5. The summed E-state index contributed by atoms with van der Waals surface area (Å²) in [6, 6.07) is 5.70. The monoisotopic (exact) mass is 252 g/mol. The van der Waals surface area contributed by atoms with Crippen molar-refractivity contribution in [1.82, 2.24) is 0 Å². The number of hydrogen-bond donors (Lipinski definition) is 3. The Morgan fingerprint density at radius 1 is 1.33 bits per heavy atom. The summed E-state index contributed by atoms with van der Waals surface area (Å²) in [6.07, 6.45) is 0.910. The van der Waals surface area contributed by atoms with Gasteiger partial charge in [0.05, 0.1) is 11.8 Å². The predicted octanol–water partition coefficient (Wildman–Crippen LogP) is 2.49. The first kappa shape index (κ1) is 14.6. The zero-order chi connectivity index (χ0) is 13.5. The number of anilines is 2. The summed E-state index contributed by atoms with van der Waals surface area (Å²) in [6.45, 7) is 7.11. The molecule has 0 aliphatic carbocycles. The van der Waals surface area contributed by atoms with Crippen molar-refractivity contribution >= 4 is 11.4 Å². The van der Waals surface area contributed by atoms with E-state index in [9.17, 15) is 0 Å². The van der Waals surface area contributed by atoms with Crippen LogP contribution in [0.1, 0.15) is 27.2 Å². The number of ether oxygens (including phenoxy) is 1. The number of rotatable bonds is 7. The molecular weight excluding hydrogens is 228 g/mol. The van der Waals surface area contributed by atoms with Crippen molar-refractivity contribution < 1.29 is 9.84 Å². The highest BCUT2D eigenvalue weighted by Gasteiger charge is 2.06. The van der Waals surface area contributed by atoms with Crippen LogP contribution in [0.25, 0.3) is 0 Å². The van der Waals surface area contributed by atoms with E-state index in [2.05, 4.69) is 12.2 Å². The molecule has 0 saturated carbocycles. The lowest BCUT2D eigenvalue weighted by atomic mass is 10.1. The molecule has 0 spiro atoms. The molecule has 4 N–H and O–H groups in total. The van der Waals surface area contributed by atoms with Crippen LogP contribution >= 0.6 is 0 Å². The number of nitrogens with one attached hydrogen (secondary N) is 1. The lowest BCUT2D eigenvalue weighted by Crippen LogP contribution is -2.13. The fraction of sp³-hybridized carbons (Fsp3) is 0.571. The van der Waals surface area contributed by atoms with Gasteiger partial charge in [-0.3, -0.25) is 0 Å². The van der Waals surface area contributed by atoms with Crippen molar-refractivity contribution in [3.8, 4) is 5.75 Å². The van der Waals surface area contributed by atoms with Crippen LogP contribution in [0.3, 0.4) is 0 Å². The molecule has 4 heteroatoms. The maximum absolute atomic E-state index is 8.85. The molecule has 0 saturated heterocycles. The Morgan fingerprint density at radius 3 is 2.67 bits per heavy atom. The number of nitrogen functional groups attached to an aromatic ring is 1. The quantitative estimate of drug-likeness (QED) is 0.652. The van der Waals surface area contributed by atoms with E-state index >= 15 is 0 Å². The number of aliphatic hydroxyl groups is 1. The molecule has 18 heavy (non-hydrogen) atoms. The first-order valence-electron chi connectivity index (χ1n) is 6.43. The van der Waals surface area contributed by atoms with Gasteiger partial charge in [-0.15, -0.1) is 0 Å². The average Bonchev–Trinajstić information content (AvgIpc) is 2.30. The molecule has 0 bridgehead atoms. The minimum atomic E-state index is 0.107. The topological polar surface area (TPSA) is 67.5 Å². The number of nitrogens with two attached hydrogens (primary N) is 1. The Kier molecular flexibility index (Phi) is 5.78. The Bertz CT molecular complexity index is 367. The van der Waals surface area contributed by atoms with Crippen LogP contribution in [-0.2, 0) is 0 Å². The summed E-state index contributed by atoms with van der Waals surface area (Å²) < 4.78 is 5.63. The van der Waals surface area contributed by atoms with E-state index in [-0.39, 0.29) is 12.7 Å². The molecule has 1 atom stereocenters. The largest absolute Gasteiger partial charge is 0.489 e. The van der Waals surface area contributed by atoms with Crippen LogP contribution in [0.2, 0.25) is 0 Å². The van der Waals surface area contributed by atoms with E-state index in [0.717, 1.165) is 18.7 Å². The molecule has 0 aromatic heterocycles. The van der Waals surface area contributed by atoms with Crippen LogP contribution in [0.15, 0.2) is 18.2 Å². The van der Waals surface area contributed by atoms with Gasteiger partial charge in [-0.1, -0.05) is 6.92 Å². The van der Waals surface area contributed by atoms with E-state index in [1.54, 1.807) is 0 Å². The Morgan fingerprint density at radius 2 is 2.06 bits per heavy atom. The van der Waals surface area contributed by atoms with Crippen LogP contribution in [0, 0.1) is 5.92 Å². The van der Waals surface area contributed by atoms with Gasteiger partial charge in [0.2, 0.25) is 0 Å². The summed E-state index contributed by atoms with van der Waals surface area (Å²) in [5.41, 5.74) is 7.50. The van der Waals surface area contributed by atoms with Crippen LogP contribution < -0.4 is 15.8 Å². The molecule has 0 aliphatic heterocycles. The first-order chi connectivity index (χ1) is 8.52. The van der Waals surface area contributed by atoms with Gasteiger partial charge in [-0.05, 0) is 38.3 Å². The second kappa shape index (κ2) is 7.11. The van der Waals surface area contributed by atoms with Crippen molar-refractivity contribution in [2.45, 2.75) is 33.3 Å². The maximum Gasteiger partial charge on any atom is 0.144 e. The summed E-state index contributed by atoms with van der Waals surface area (Å²) in [7, 11) is 0. The summed E-state index contributed by atoms with van der Waals surface area (Å²) in [5, 5.41) is 12.2. The Balaban J connectivity index is 2.61. The third-order valence-corrected chi connectivity index (χ3v) is 2.65. The third-order valence-electron chi connectivity index (χ3n) is 2.65. The van der Waals surface area contributed by atoms with Gasteiger partial charge in [-0.2, -0.15) is 0 Å². The Hall–Kier alpha value is -1.42. The predicted molar refractivity (Wildman–Crippen MR) is 76.0 cm³/mol. The molecule has 102 valence electrons. The van der Waals surface area contributed by atoms with Gasteiger partial charge in [-0.25, -0.2) is 0 Å².